The quantitative estimate of drug-likeness (QED) is 0.565. The van der Waals surface area contributed by atoms with Crippen molar-refractivity contribution in [3.05, 3.63) is 35.9 Å². The van der Waals surface area contributed by atoms with E-state index in [1.54, 1.807) is 30.3 Å². The highest BCUT2D eigenvalue weighted by Crippen LogP contribution is 2.76. The summed E-state index contributed by atoms with van der Waals surface area (Å²) in [7, 11) is -10.1. The molecule has 0 aromatic heterocycles. The molecule has 0 heterocycles. The largest absolute Gasteiger partial charge is 0.376 e. The van der Waals surface area contributed by atoms with E-state index in [1.807, 2.05) is 0 Å². The van der Waals surface area contributed by atoms with Gasteiger partial charge in [0.25, 0.3) is 0 Å². The van der Waals surface area contributed by atoms with Gasteiger partial charge in [0.2, 0.25) is 0 Å². The summed E-state index contributed by atoms with van der Waals surface area (Å²) in [5.41, 5.74) is 0.529. The molecule has 6 nitrogen and oxygen atoms in total. The molecule has 0 radical (unpaired) electrons. The van der Waals surface area contributed by atoms with Crippen molar-refractivity contribution >= 4 is 38.4 Å². The van der Waals surface area contributed by atoms with Crippen molar-refractivity contribution in [2.75, 3.05) is 0 Å². The molecular formula is C8H10Cl2O6P2. The predicted octanol–water partition coefficient (Wildman–Crippen LogP) is 2.66. The van der Waals surface area contributed by atoms with Gasteiger partial charge >= 0.3 is 19.0 Å². The van der Waals surface area contributed by atoms with Gasteiger partial charge in [0.1, 0.15) is 0 Å². The summed E-state index contributed by atoms with van der Waals surface area (Å²) in [6.45, 7) is -0.351. The Hall–Kier alpha value is 0.1000. The van der Waals surface area contributed by atoms with Crippen LogP contribution in [0.15, 0.2) is 30.3 Å². The maximum atomic E-state index is 11.6. The van der Waals surface area contributed by atoms with E-state index >= 15 is 0 Å². The fraction of sp³-hybridized carbons (Fsp3) is 0.250. The van der Waals surface area contributed by atoms with Crippen molar-refractivity contribution < 1.29 is 28.3 Å². The number of benzene rings is 1. The lowest BCUT2D eigenvalue weighted by Gasteiger charge is -2.25. The predicted molar refractivity (Wildman–Crippen MR) is 67.5 cm³/mol. The smallest absolute Gasteiger partial charge is 0.322 e. The van der Waals surface area contributed by atoms with Crippen LogP contribution >= 0.6 is 38.4 Å². The zero-order chi connectivity index (χ0) is 14.0. The van der Waals surface area contributed by atoms with Crippen molar-refractivity contribution in [2.24, 2.45) is 0 Å². The van der Waals surface area contributed by atoms with Crippen molar-refractivity contribution in [1.29, 1.82) is 0 Å². The van der Waals surface area contributed by atoms with Crippen LogP contribution in [0, 0.1) is 0 Å². The first kappa shape index (κ1) is 16.2. The van der Waals surface area contributed by atoms with E-state index in [0.29, 0.717) is 5.56 Å². The molecule has 102 valence electrons. The van der Waals surface area contributed by atoms with Crippen LogP contribution in [0.1, 0.15) is 5.56 Å². The van der Waals surface area contributed by atoms with E-state index in [4.69, 9.17) is 33.0 Å². The van der Waals surface area contributed by atoms with Crippen LogP contribution in [0.3, 0.4) is 0 Å². The van der Waals surface area contributed by atoms with Crippen molar-refractivity contribution in [2.45, 2.75) is 10.4 Å². The van der Waals surface area contributed by atoms with Gasteiger partial charge in [-0.05, 0) is 5.56 Å². The van der Waals surface area contributed by atoms with E-state index in [1.165, 1.54) is 0 Å². The van der Waals surface area contributed by atoms with E-state index in [0.717, 1.165) is 0 Å². The number of hydrogen-bond acceptors (Lipinski definition) is 3. The van der Waals surface area contributed by atoms with Crippen molar-refractivity contribution in [3.63, 3.8) is 0 Å². The van der Waals surface area contributed by atoms with Gasteiger partial charge in [-0.25, -0.2) is 0 Å². The van der Waals surface area contributed by atoms with Crippen molar-refractivity contribution in [3.8, 4) is 0 Å². The molecule has 10 heteroatoms. The minimum Gasteiger partial charge on any atom is -0.322 e. The normalized spacial score (nSPS) is 16.3. The highest BCUT2D eigenvalue weighted by Gasteiger charge is 2.60. The van der Waals surface area contributed by atoms with Crippen LogP contribution < -0.4 is 0 Å². The van der Waals surface area contributed by atoms with E-state index in [-0.39, 0.29) is 6.61 Å². The monoisotopic (exact) mass is 334 g/mol. The van der Waals surface area contributed by atoms with E-state index < -0.39 is 19.0 Å². The Morgan fingerprint density at radius 3 is 2.06 bits per heavy atom. The zero-order valence-corrected chi connectivity index (χ0v) is 12.1. The Morgan fingerprint density at radius 1 is 1.11 bits per heavy atom. The van der Waals surface area contributed by atoms with Gasteiger partial charge < -0.3 is 19.2 Å². The topological polar surface area (TPSA) is 104 Å². The van der Waals surface area contributed by atoms with Crippen LogP contribution in [-0.2, 0) is 20.3 Å². The molecule has 0 aliphatic rings. The first-order valence-corrected chi connectivity index (χ1v) is 8.47. The van der Waals surface area contributed by atoms with E-state index in [2.05, 4.69) is 4.52 Å². The van der Waals surface area contributed by atoms with Crippen LogP contribution in [0.4, 0.5) is 0 Å². The molecule has 0 spiro atoms. The lowest BCUT2D eigenvalue weighted by Crippen LogP contribution is -2.15. The highest BCUT2D eigenvalue weighted by molar-refractivity contribution is 7.78. The SMILES string of the molecule is O=P(O)(O)C(Cl)(Cl)P(=O)(O)OCc1ccccc1. The summed E-state index contributed by atoms with van der Waals surface area (Å²) < 4.78 is 23.9. The lowest BCUT2D eigenvalue weighted by molar-refractivity contribution is 0.246. The molecule has 1 rings (SSSR count). The molecular weight excluding hydrogens is 325 g/mol. The van der Waals surface area contributed by atoms with Crippen molar-refractivity contribution in [1.82, 2.24) is 0 Å². The molecule has 0 aliphatic carbocycles. The first-order chi connectivity index (χ1) is 8.08. The van der Waals surface area contributed by atoms with Gasteiger partial charge in [-0.3, -0.25) is 9.13 Å². The second-order valence-electron chi connectivity index (χ2n) is 3.33. The maximum absolute atomic E-state index is 11.6. The molecule has 1 unspecified atom stereocenters. The van der Waals surface area contributed by atoms with Gasteiger partial charge in [-0.1, -0.05) is 53.5 Å². The Morgan fingerprint density at radius 2 is 1.61 bits per heavy atom. The average molecular weight is 335 g/mol. The summed E-state index contributed by atoms with van der Waals surface area (Å²) in [4.78, 5) is 27.0. The van der Waals surface area contributed by atoms with Gasteiger partial charge in [-0.2, -0.15) is 0 Å². The van der Waals surface area contributed by atoms with Gasteiger partial charge in [0.05, 0.1) is 6.61 Å². The fourth-order valence-electron chi connectivity index (χ4n) is 0.979. The molecule has 1 aromatic rings. The molecule has 0 amide bonds. The summed E-state index contributed by atoms with van der Waals surface area (Å²) in [5.74, 6) is 0. The molecule has 0 saturated carbocycles. The number of halogens is 2. The number of alkyl halides is 2. The molecule has 18 heavy (non-hydrogen) atoms. The summed E-state index contributed by atoms with van der Waals surface area (Å²) in [6.07, 6.45) is 0. The first-order valence-electron chi connectivity index (χ1n) is 4.53. The van der Waals surface area contributed by atoms with Gasteiger partial charge in [0.15, 0.2) is 0 Å². The Kier molecular flexibility index (Phi) is 5.04. The zero-order valence-electron chi connectivity index (χ0n) is 8.81. The molecule has 3 N–H and O–H groups in total. The summed E-state index contributed by atoms with van der Waals surface area (Å²) in [6, 6.07) is 8.26. The number of hydrogen-bond donors (Lipinski definition) is 3. The summed E-state index contributed by atoms with van der Waals surface area (Å²) in [5, 5.41) is 0. The average Bonchev–Trinajstić information content (AvgIpc) is 2.26. The summed E-state index contributed by atoms with van der Waals surface area (Å²) >= 11 is 10.5. The minimum absolute atomic E-state index is 0.351. The third-order valence-corrected chi connectivity index (χ3v) is 7.94. The second-order valence-corrected chi connectivity index (χ2v) is 9.80. The Labute approximate surface area is 113 Å². The maximum Gasteiger partial charge on any atom is 0.376 e. The third kappa shape index (κ3) is 3.56. The molecule has 1 aromatic carbocycles. The standard InChI is InChI=1S/C8H10Cl2O6P2/c9-8(10,17(11,12)13)18(14,15)16-6-7-4-2-1-3-5-7/h1-5H,6H2,(H,14,15)(H2,11,12,13). The molecule has 0 saturated heterocycles. The minimum atomic E-state index is -5.22. The fourth-order valence-corrected chi connectivity index (χ4v) is 3.24. The van der Waals surface area contributed by atoms with Gasteiger partial charge in [-0.15, -0.1) is 0 Å². The molecule has 0 fully saturated rings. The Balaban J connectivity index is 2.84. The number of rotatable bonds is 5. The van der Waals surface area contributed by atoms with Crippen LogP contribution in [0.5, 0.6) is 0 Å². The highest BCUT2D eigenvalue weighted by atomic mass is 35.5. The lowest BCUT2D eigenvalue weighted by atomic mass is 10.2. The second kappa shape index (κ2) is 5.61. The van der Waals surface area contributed by atoms with Gasteiger partial charge in [0, 0.05) is 0 Å². The Bertz CT molecular complexity index is 500. The van der Waals surface area contributed by atoms with Crippen LogP contribution in [0.25, 0.3) is 0 Å². The molecule has 0 aliphatic heterocycles. The van der Waals surface area contributed by atoms with Crippen LogP contribution in [-0.4, -0.2) is 18.5 Å². The third-order valence-electron chi connectivity index (χ3n) is 1.94. The van der Waals surface area contributed by atoms with Crippen LogP contribution in [0.2, 0.25) is 0 Å². The molecule has 0 bridgehead atoms. The van der Waals surface area contributed by atoms with E-state index in [9.17, 15) is 14.0 Å². The molecule has 1 atom stereocenters.